The average Bonchev–Trinajstić information content (AvgIpc) is 3.60. The first-order valence-electron chi connectivity index (χ1n) is 13.0. The zero-order valence-electron chi connectivity index (χ0n) is 23.2. The summed E-state index contributed by atoms with van der Waals surface area (Å²) in [5, 5.41) is 11.8. The van der Waals surface area contributed by atoms with E-state index in [9.17, 15) is 18.4 Å². The Morgan fingerprint density at radius 2 is 1.88 bits per heavy atom. The number of aromatic nitrogens is 3. The van der Waals surface area contributed by atoms with Crippen LogP contribution in [0.25, 0.3) is 22.2 Å². The molecule has 0 atom stereocenters. The summed E-state index contributed by atoms with van der Waals surface area (Å²) in [6.07, 6.45) is 0.789. The van der Waals surface area contributed by atoms with E-state index in [0.29, 0.717) is 18.4 Å². The van der Waals surface area contributed by atoms with Gasteiger partial charge in [-0.3, -0.25) is 10.1 Å². The third-order valence-electron chi connectivity index (χ3n) is 6.20. The van der Waals surface area contributed by atoms with Gasteiger partial charge in [-0.15, -0.1) is 0 Å². The zero-order chi connectivity index (χ0) is 30.2. The van der Waals surface area contributed by atoms with Gasteiger partial charge in [0.25, 0.3) is 11.8 Å². The van der Waals surface area contributed by atoms with Gasteiger partial charge in [0, 0.05) is 18.2 Å². The van der Waals surface area contributed by atoms with E-state index in [4.69, 9.17) is 15.0 Å². The third kappa shape index (κ3) is 7.36. The number of amides is 3. The van der Waals surface area contributed by atoms with Crippen LogP contribution in [0.5, 0.6) is 5.75 Å². The molecule has 42 heavy (non-hydrogen) atoms. The number of nitrogens with one attached hydrogen (secondary N) is 3. The van der Waals surface area contributed by atoms with Crippen LogP contribution in [0.3, 0.4) is 0 Å². The highest BCUT2D eigenvalue weighted by Gasteiger charge is 2.22. The molecular weight excluding hydrogens is 570 g/mol. The highest BCUT2D eigenvalue weighted by Crippen LogP contribution is 2.35. The number of nitrogens with two attached hydrogens (primary N) is 1. The smallest absolute Gasteiger partial charge is 0.321 e. The molecule has 0 saturated carbocycles. The number of anilines is 3. The Balaban J connectivity index is 1.45. The molecule has 222 valence electrons. The maximum atomic E-state index is 14.7. The van der Waals surface area contributed by atoms with E-state index in [1.165, 1.54) is 19.2 Å². The monoisotopic (exact) mass is 600 g/mol. The van der Waals surface area contributed by atoms with Gasteiger partial charge in [0.15, 0.2) is 5.13 Å². The number of nitrogens with zero attached hydrogens (tertiary/aromatic N) is 4. The highest BCUT2D eigenvalue weighted by molar-refractivity contribution is 7.19. The number of rotatable bonds is 12. The van der Waals surface area contributed by atoms with Crippen LogP contribution in [-0.2, 0) is 0 Å². The van der Waals surface area contributed by atoms with Crippen LogP contribution in [0.15, 0.2) is 40.9 Å². The normalized spacial score (nSPS) is 11.0. The molecule has 0 radical (unpaired) electrons. The van der Waals surface area contributed by atoms with Crippen LogP contribution in [0.2, 0.25) is 0 Å². The topological polar surface area (TPSA) is 161 Å². The standard InChI is InChI=1S/C27H30F2N8O4S/c1-4-37(5-2)11-7-10-31-26(39)35-27-33-22(30)21(42-27)25-34-23(36-41-25)17-13-20(19(29)14-18(17)28)32-24(38)15-8-6-9-16(12-15)40-3/h6,8-9,12-14H,4-5,7,10-11,30H2,1-3H3,(H,32,38)(H2,31,33,35,39). The molecule has 2 aromatic carbocycles. The van der Waals surface area contributed by atoms with Crippen molar-refractivity contribution in [2.75, 3.05) is 49.7 Å². The first-order chi connectivity index (χ1) is 20.2. The van der Waals surface area contributed by atoms with Gasteiger partial charge in [0.05, 0.1) is 18.4 Å². The van der Waals surface area contributed by atoms with Crippen molar-refractivity contribution in [3.8, 4) is 27.9 Å². The predicted octanol–water partition coefficient (Wildman–Crippen LogP) is 4.83. The van der Waals surface area contributed by atoms with E-state index in [1.54, 1.807) is 12.1 Å². The van der Waals surface area contributed by atoms with Crippen molar-refractivity contribution in [2.24, 2.45) is 0 Å². The van der Waals surface area contributed by atoms with Crippen molar-refractivity contribution in [3.05, 3.63) is 53.6 Å². The summed E-state index contributed by atoms with van der Waals surface area (Å²) in [7, 11) is 1.45. The first kappa shape index (κ1) is 30.3. The molecule has 3 amide bonds. The fraction of sp³-hybridized carbons (Fsp3) is 0.296. The Morgan fingerprint density at radius 1 is 1.10 bits per heavy atom. The van der Waals surface area contributed by atoms with Gasteiger partial charge in [0.2, 0.25) is 5.82 Å². The average molecular weight is 601 g/mol. The van der Waals surface area contributed by atoms with Crippen LogP contribution in [-0.4, -0.2) is 65.3 Å². The maximum Gasteiger partial charge on any atom is 0.321 e. The van der Waals surface area contributed by atoms with Crippen LogP contribution >= 0.6 is 11.3 Å². The number of hydrogen-bond donors (Lipinski definition) is 4. The Morgan fingerprint density at radius 3 is 2.62 bits per heavy atom. The zero-order valence-corrected chi connectivity index (χ0v) is 24.0. The van der Waals surface area contributed by atoms with Gasteiger partial charge < -0.3 is 30.5 Å². The molecule has 4 aromatic rings. The number of halogens is 2. The molecule has 0 aliphatic carbocycles. The van der Waals surface area contributed by atoms with Crippen molar-refractivity contribution in [3.63, 3.8) is 0 Å². The van der Waals surface area contributed by atoms with Gasteiger partial charge in [-0.2, -0.15) is 4.98 Å². The summed E-state index contributed by atoms with van der Waals surface area (Å²) >= 11 is 0.986. The summed E-state index contributed by atoms with van der Waals surface area (Å²) in [6.45, 7) is 7.39. The summed E-state index contributed by atoms with van der Waals surface area (Å²) in [4.78, 5) is 35.7. The number of benzene rings is 2. The molecule has 0 bridgehead atoms. The van der Waals surface area contributed by atoms with Crippen molar-refractivity contribution in [1.82, 2.24) is 25.3 Å². The van der Waals surface area contributed by atoms with Crippen LogP contribution in [0, 0.1) is 11.6 Å². The number of nitrogen functional groups attached to an aromatic ring is 1. The Kier molecular flexibility index (Phi) is 9.98. The summed E-state index contributed by atoms with van der Waals surface area (Å²) in [5.74, 6) is -2.45. The van der Waals surface area contributed by atoms with Gasteiger partial charge in [-0.1, -0.05) is 36.4 Å². The van der Waals surface area contributed by atoms with E-state index in [2.05, 4.69) is 49.8 Å². The highest BCUT2D eigenvalue weighted by atomic mass is 32.1. The molecule has 0 fully saturated rings. The number of methoxy groups -OCH3 is 1. The second-order valence-electron chi connectivity index (χ2n) is 8.92. The molecule has 2 aromatic heterocycles. The second-order valence-corrected chi connectivity index (χ2v) is 9.91. The van der Waals surface area contributed by atoms with E-state index >= 15 is 0 Å². The van der Waals surface area contributed by atoms with Crippen molar-refractivity contribution < 1.29 is 27.6 Å². The van der Waals surface area contributed by atoms with Crippen LogP contribution in [0.4, 0.5) is 30.2 Å². The number of urea groups is 1. The predicted molar refractivity (Wildman–Crippen MR) is 156 cm³/mol. The first-order valence-corrected chi connectivity index (χ1v) is 13.9. The minimum absolute atomic E-state index is 0.0119. The van der Waals surface area contributed by atoms with Gasteiger partial charge in [-0.25, -0.2) is 18.6 Å². The molecule has 0 unspecified atom stereocenters. The molecule has 0 saturated heterocycles. The van der Waals surface area contributed by atoms with E-state index < -0.39 is 23.6 Å². The lowest BCUT2D eigenvalue weighted by Crippen LogP contribution is -2.32. The molecule has 5 N–H and O–H groups in total. The van der Waals surface area contributed by atoms with Crippen molar-refractivity contribution >= 4 is 39.9 Å². The van der Waals surface area contributed by atoms with Crippen molar-refractivity contribution in [2.45, 2.75) is 20.3 Å². The van der Waals surface area contributed by atoms with Gasteiger partial charge in [0.1, 0.15) is 28.1 Å². The molecule has 0 spiro atoms. The Labute approximate surface area is 244 Å². The Hall–Kier alpha value is -4.63. The maximum absolute atomic E-state index is 14.7. The lowest BCUT2D eigenvalue weighted by molar-refractivity contribution is 0.102. The second kappa shape index (κ2) is 13.8. The summed E-state index contributed by atoms with van der Waals surface area (Å²) in [5.41, 5.74) is 5.69. The van der Waals surface area contributed by atoms with Gasteiger partial charge in [-0.05, 0) is 50.3 Å². The van der Waals surface area contributed by atoms with E-state index in [0.717, 1.165) is 43.5 Å². The quantitative estimate of drug-likeness (QED) is 0.167. The molecule has 4 rings (SSSR count). The molecule has 2 heterocycles. The lowest BCUT2D eigenvalue weighted by Gasteiger charge is -2.17. The Bertz CT molecular complexity index is 1560. The third-order valence-corrected chi connectivity index (χ3v) is 7.18. The molecule has 0 aliphatic rings. The SMILES string of the molecule is CCN(CC)CCCNC(=O)Nc1nc(N)c(-c2nc(-c3cc(NC(=O)c4cccc(OC)c4)c(F)cc3F)no2)s1. The minimum Gasteiger partial charge on any atom is -0.497 e. The van der Waals surface area contributed by atoms with Gasteiger partial charge >= 0.3 is 6.03 Å². The number of hydrogen-bond acceptors (Lipinski definition) is 10. The number of thiazole rings is 1. The molecule has 0 aliphatic heterocycles. The fourth-order valence-electron chi connectivity index (χ4n) is 3.92. The fourth-order valence-corrected chi connectivity index (χ4v) is 4.73. The summed E-state index contributed by atoms with van der Waals surface area (Å²) < 4.78 is 39.7. The lowest BCUT2D eigenvalue weighted by atomic mass is 10.1. The van der Waals surface area contributed by atoms with E-state index in [1.807, 2.05) is 0 Å². The minimum atomic E-state index is -0.995. The number of carbonyl (C=O) groups excluding carboxylic acids is 2. The van der Waals surface area contributed by atoms with Crippen LogP contribution in [0.1, 0.15) is 30.6 Å². The van der Waals surface area contributed by atoms with Crippen LogP contribution < -0.4 is 26.4 Å². The molecular formula is C27H30F2N8O4S. The van der Waals surface area contributed by atoms with E-state index in [-0.39, 0.29) is 44.4 Å². The number of ether oxygens (including phenoxy) is 1. The number of carbonyl (C=O) groups is 2. The molecule has 12 nitrogen and oxygen atoms in total. The van der Waals surface area contributed by atoms with Crippen molar-refractivity contribution in [1.29, 1.82) is 0 Å². The molecule has 15 heteroatoms. The largest absolute Gasteiger partial charge is 0.497 e. The summed E-state index contributed by atoms with van der Waals surface area (Å²) in [6, 6.07) is 7.47.